The summed E-state index contributed by atoms with van der Waals surface area (Å²) in [7, 11) is 0. The van der Waals surface area contributed by atoms with E-state index in [1.165, 1.54) is 5.56 Å². The number of fused-ring (bicyclic) bond motifs is 1. The number of carbonyl (C=O) groups is 1. The summed E-state index contributed by atoms with van der Waals surface area (Å²) in [5.74, 6) is -0.0401. The summed E-state index contributed by atoms with van der Waals surface area (Å²) < 4.78 is 1.88. The van der Waals surface area contributed by atoms with E-state index in [1.807, 2.05) is 54.0 Å². The minimum atomic E-state index is -0.199. The molecular weight excluding hydrogens is 340 g/mol. The molecule has 1 saturated heterocycles. The van der Waals surface area contributed by atoms with Crippen LogP contribution in [0.25, 0.3) is 5.65 Å². The molecule has 1 aromatic carbocycles. The number of nitrogens with zero attached hydrogens (tertiary/aromatic N) is 4. The van der Waals surface area contributed by atoms with Gasteiger partial charge < -0.3 is 14.4 Å². The second-order valence-electron chi connectivity index (χ2n) is 7.12. The fourth-order valence-corrected chi connectivity index (χ4v) is 3.74. The molecule has 0 bridgehead atoms. The SMILES string of the molecule is Cc1cn2cc(C(=O)N3CCN(Cc4ccccc4)C[C@H]3CO)ccc2n1. The monoisotopic (exact) mass is 364 g/mol. The molecule has 1 amide bonds. The zero-order valence-corrected chi connectivity index (χ0v) is 15.5. The maximum absolute atomic E-state index is 13.0. The highest BCUT2D eigenvalue weighted by atomic mass is 16.3. The van der Waals surface area contributed by atoms with Gasteiger partial charge in [0.15, 0.2) is 0 Å². The first-order valence-electron chi connectivity index (χ1n) is 9.27. The van der Waals surface area contributed by atoms with Crippen LogP contribution in [0.2, 0.25) is 0 Å². The number of carbonyl (C=O) groups excluding carboxylic acids is 1. The van der Waals surface area contributed by atoms with Crippen LogP contribution in [-0.2, 0) is 6.54 Å². The van der Waals surface area contributed by atoms with Gasteiger partial charge in [-0.2, -0.15) is 0 Å². The number of aryl methyl sites for hydroxylation is 1. The number of aliphatic hydroxyl groups excluding tert-OH is 1. The van der Waals surface area contributed by atoms with E-state index in [2.05, 4.69) is 22.0 Å². The van der Waals surface area contributed by atoms with E-state index in [0.717, 1.165) is 24.4 Å². The summed E-state index contributed by atoms with van der Waals surface area (Å²) >= 11 is 0. The minimum Gasteiger partial charge on any atom is -0.394 e. The molecule has 4 rings (SSSR count). The first-order valence-corrected chi connectivity index (χ1v) is 9.27. The number of hydrogen-bond acceptors (Lipinski definition) is 4. The molecule has 0 radical (unpaired) electrons. The van der Waals surface area contributed by atoms with Crippen molar-refractivity contribution in [3.8, 4) is 0 Å². The highest BCUT2D eigenvalue weighted by Crippen LogP contribution is 2.17. The standard InChI is InChI=1S/C21H24N4O2/c1-16-11-24-13-18(7-8-20(24)22-16)21(27)25-10-9-23(14-19(25)15-26)12-17-5-3-2-4-6-17/h2-8,11,13,19,26H,9-10,12,14-15H2,1H3/t19-/m0/s1. The van der Waals surface area contributed by atoms with Crippen molar-refractivity contribution in [1.29, 1.82) is 0 Å². The zero-order valence-electron chi connectivity index (χ0n) is 15.5. The molecule has 6 heteroatoms. The Morgan fingerprint density at radius 1 is 1.15 bits per heavy atom. The summed E-state index contributed by atoms with van der Waals surface area (Å²) in [6.45, 7) is 4.80. The second-order valence-corrected chi connectivity index (χ2v) is 7.12. The van der Waals surface area contributed by atoms with Gasteiger partial charge in [0.05, 0.1) is 23.9 Å². The molecule has 3 heterocycles. The Kier molecular flexibility index (Phi) is 4.92. The van der Waals surface area contributed by atoms with Crippen LogP contribution in [-0.4, -0.2) is 62.5 Å². The lowest BCUT2D eigenvalue weighted by molar-refractivity contribution is 0.0282. The number of piperazine rings is 1. The number of pyridine rings is 1. The summed E-state index contributed by atoms with van der Waals surface area (Å²) in [4.78, 5) is 21.5. The highest BCUT2D eigenvalue weighted by molar-refractivity contribution is 5.94. The van der Waals surface area contributed by atoms with E-state index < -0.39 is 0 Å². The molecule has 1 atom stereocenters. The third-order valence-corrected chi connectivity index (χ3v) is 5.11. The molecule has 0 unspecified atom stereocenters. The Labute approximate surface area is 158 Å². The number of benzene rings is 1. The Hall–Kier alpha value is -2.70. The molecular formula is C21H24N4O2. The van der Waals surface area contributed by atoms with Crippen molar-refractivity contribution >= 4 is 11.6 Å². The first kappa shape index (κ1) is 17.7. The van der Waals surface area contributed by atoms with Gasteiger partial charge in [-0.1, -0.05) is 30.3 Å². The average Bonchev–Trinajstić information content (AvgIpc) is 3.07. The molecule has 0 aliphatic carbocycles. The largest absolute Gasteiger partial charge is 0.394 e. The highest BCUT2D eigenvalue weighted by Gasteiger charge is 2.30. The quantitative estimate of drug-likeness (QED) is 0.769. The fourth-order valence-electron chi connectivity index (χ4n) is 3.74. The van der Waals surface area contributed by atoms with E-state index in [1.54, 1.807) is 4.90 Å². The van der Waals surface area contributed by atoms with Gasteiger partial charge in [0.2, 0.25) is 0 Å². The number of rotatable bonds is 4. The van der Waals surface area contributed by atoms with Crippen molar-refractivity contribution in [1.82, 2.24) is 19.2 Å². The van der Waals surface area contributed by atoms with Crippen LogP contribution in [0.5, 0.6) is 0 Å². The lowest BCUT2D eigenvalue weighted by atomic mass is 10.1. The Morgan fingerprint density at radius 2 is 1.96 bits per heavy atom. The van der Waals surface area contributed by atoms with Gasteiger partial charge in [-0.15, -0.1) is 0 Å². The van der Waals surface area contributed by atoms with Crippen molar-refractivity contribution in [3.05, 3.63) is 71.7 Å². The van der Waals surface area contributed by atoms with Crippen LogP contribution in [0.4, 0.5) is 0 Å². The maximum Gasteiger partial charge on any atom is 0.255 e. The van der Waals surface area contributed by atoms with Crippen molar-refractivity contribution < 1.29 is 9.90 Å². The van der Waals surface area contributed by atoms with Crippen LogP contribution in [0.15, 0.2) is 54.9 Å². The second kappa shape index (κ2) is 7.50. The van der Waals surface area contributed by atoms with E-state index in [0.29, 0.717) is 18.7 Å². The van der Waals surface area contributed by atoms with E-state index in [-0.39, 0.29) is 18.6 Å². The molecule has 1 aliphatic rings. The number of imidazole rings is 1. The topological polar surface area (TPSA) is 61.1 Å². The summed E-state index contributed by atoms with van der Waals surface area (Å²) in [5, 5.41) is 9.88. The van der Waals surface area contributed by atoms with Crippen LogP contribution in [0.1, 0.15) is 21.6 Å². The van der Waals surface area contributed by atoms with Crippen molar-refractivity contribution in [2.75, 3.05) is 26.2 Å². The lowest BCUT2D eigenvalue weighted by Gasteiger charge is -2.40. The molecule has 1 fully saturated rings. The van der Waals surface area contributed by atoms with Crippen LogP contribution >= 0.6 is 0 Å². The van der Waals surface area contributed by atoms with Gasteiger partial charge in [0, 0.05) is 38.6 Å². The molecule has 0 spiro atoms. The normalized spacial score (nSPS) is 18.1. The Bertz CT molecular complexity index is 938. The minimum absolute atomic E-state index is 0.0382. The smallest absolute Gasteiger partial charge is 0.255 e. The van der Waals surface area contributed by atoms with E-state index in [9.17, 15) is 9.90 Å². The molecule has 3 aromatic rings. The Balaban J connectivity index is 1.48. The predicted octanol–water partition coefficient (Wildman–Crippen LogP) is 1.96. The molecule has 140 valence electrons. The molecule has 1 N–H and O–H groups in total. The van der Waals surface area contributed by atoms with Crippen molar-refractivity contribution in [2.24, 2.45) is 0 Å². The summed E-state index contributed by atoms with van der Waals surface area (Å²) in [6, 6.07) is 13.8. The first-order chi connectivity index (χ1) is 13.1. The fraction of sp³-hybridized carbons (Fsp3) is 0.333. The van der Waals surface area contributed by atoms with Crippen molar-refractivity contribution in [2.45, 2.75) is 19.5 Å². The van der Waals surface area contributed by atoms with Crippen LogP contribution < -0.4 is 0 Å². The number of hydrogen-bond donors (Lipinski definition) is 1. The van der Waals surface area contributed by atoms with Gasteiger partial charge in [-0.25, -0.2) is 4.98 Å². The molecule has 2 aromatic heterocycles. The summed E-state index contributed by atoms with van der Waals surface area (Å²) in [6.07, 6.45) is 3.73. The zero-order chi connectivity index (χ0) is 18.8. The third kappa shape index (κ3) is 3.72. The van der Waals surface area contributed by atoms with Gasteiger partial charge in [0.25, 0.3) is 5.91 Å². The average molecular weight is 364 g/mol. The van der Waals surface area contributed by atoms with Crippen molar-refractivity contribution in [3.63, 3.8) is 0 Å². The Morgan fingerprint density at radius 3 is 2.74 bits per heavy atom. The van der Waals surface area contributed by atoms with Gasteiger partial charge in [0.1, 0.15) is 5.65 Å². The molecule has 27 heavy (non-hydrogen) atoms. The number of amides is 1. The number of aromatic nitrogens is 2. The number of aliphatic hydroxyl groups is 1. The molecule has 0 saturated carbocycles. The van der Waals surface area contributed by atoms with Crippen LogP contribution in [0, 0.1) is 6.92 Å². The van der Waals surface area contributed by atoms with E-state index in [4.69, 9.17) is 0 Å². The van der Waals surface area contributed by atoms with Gasteiger partial charge in [-0.3, -0.25) is 9.69 Å². The van der Waals surface area contributed by atoms with Gasteiger partial charge in [-0.05, 0) is 24.6 Å². The molecule has 1 aliphatic heterocycles. The van der Waals surface area contributed by atoms with Gasteiger partial charge >= 0.3 is 0 Å². The predicted molar refractivity (Wildman–Crippen MR) is 104 cm³/mol. The summed E-state index contributed by atoms with van der Waals surface area (Å²) in [5.41, 5.74) is 3.61. The van der Waals surface area contributed by atoms with E-state index >= 15 is 0 Å². The van der Waals surface area contributed by atoms with Crippen LogP contribution in [0.3, 0.4) is 0 Å². The third-order valence-electron chi connectivity index (χ3n) is 5.11. The lowest BCUT2D eigenvalue weighted by Crippen LogP contribution is -2.56. The maximum atomic E-state index is 13.0. The molecule has 6 nitrogen and oxygen atoms in total.